The summed E-state index contributed by atoms with van der Waals surface area (Å²) in [5.41, 5.74) is 3.09. The second-order valence-corrected chi connectivity index (χ2v) is 9.23. The fourth-order valence-corrected chi connectivity index (χ4v) is 4.93. The van der Waals surface area contributed by atoms with Crippen molar-refractivity contribution in [2.75, 3.05) is 33.2 Å². The van der Waals surface area contributed by atoms with E-state index < -0.39 is 0 Å². The van der Waals surface area contributed by atoms with Gasteiger partial charge in [-0.05, 0) is 51.0 Å². The van der Waals surface area contributed by atoms with Crippen LogP contribution in [0.2, 0.25) is 5.02 Å². The molecule has 0 spiro atoms. The minimum atomic E-state index is -0.140. The molecular formula is C24H30ClN3O4S. The van der Waals surface area contributed by atoms with Gasteiger partial charge in [0.1, 0.15) is 0 Å². The number of nitrogens with zero attached hydrogens (tertiary/aromatic N) is 3. The van der Waals surface area contributed by atoms with E-state index in [1.807, 2.05) is 19.9 Å². The van der Waals surface area contributed by atoms with Crippen LogP contribution in [0.3, 0.4) is 0 Å². The Labute approximate surface area is 203 Å². The van der Waals surface area contributed by atoms with E-state index in [1.54, 1.807) is 37.0 Å². The molecule has 7 nitrogen and oxygen atoms in total. The van der Waals surface area contributed by atoms with Crippen LogP contribution >= 0.6 is 23.4 Å². The summed E-state index contributed by atoms with van der Waals surface area (Å²) < 4.78 is 14.1. The highest BCUT2D eigenvalue weighted by Gasteiger charge is 2.18. The van der Waals surface area contributed by atoms with E-state index in [0.29, 0.717) is 52.8 Å². The van der Waals surface area contributed by atoms with Crippen LogP contribution in [-0.2, 0) is 22.6 Å². The maximum atomic E-state index is 13.1. The van der Waals surface area contributed by atoms with Gasteiger partial charge in [-0.15, -0.1) is 0 Å². The first-order chi connectivity index (χ1) is 15.9. The van der Waals surface area contributed by atoms with E-state index in [4.69, 9.17) is 21.1 Å². The fourth-order valence-electron chi connectivity index (χ4n) is 3.85. The zero-order valence-corrected chi connectivity index (χ0v) is 21.1. The second-order valence-electron chi connectivity index (χ2n) is 7.85. The zero-order valence-electron chi connectivity index (χ0n) is 19.5. The Bertz CT molecular complexity index is 1190. The summed E-state index contributed by atoms with van der Waals surface area (Å²) in [6.07, 6.45) is 1.55. The number of thioether (sulfide) groups is 1. The van der Waals surface area contributed by atoms with Gasteiger partial charge < -0.3 is 14.0 Å². The van der Waals surface area contributed by atoms with Crippen LogP contribution < -0.4 is 5.56 Å². The third kappa shape index (κ3) is 6.06. The van der Waals surface area contributed by atoms with Gasteiger partial charge >= 0.3 is 0 Å². The Balaban J connectivity index is 1.85. The third-order valence-corrected chi connectivity index (χ3v) is 6.76. The standard InChI is InChI=1S/C24H30ClN3O4S/c1-16-13-20(17(2)27(16)9-5-11-31-3)22(29)15-33-24-26-21-14-18(25)7-8-19(21)23(30)28(24)10-6-12-32-4/h7-8,13-14H,5-6,9-12,15H2,1-4H3. The van der Waals surface area contributed by atoms with Gasteiger partial charge in [-0.1, -0.05) is 23.4 Å². The summed E-state index contributed by atoms with van der Waals surface area (Å²) >= 11 is 7.39. The van der Waals surface area contributed by atoms with Gasteiger partial charge in [-0.25, -0.2) is 4.98 Å². The molecular weight excluding hydrogens is 462 g/mol. The van der Waals surface area contributed by atoms with Gasteiger partial charge in [0.2, 0.25) is 0 Å². The van der Waals surface area contributed by atoms with Crippen LogP contribution in [0, 0.1) is 13.8 Å². The Kier molecular flexibility index (Phi) is 9.14. The molecule has 0 N–H and O–H groups in total. The highest BCUT2D eigenvalue weighted by Crippen LogP contribution is 2.23. The van der Waals surface area contributed by atoms with Gasteiger partial charge in [0.25, 0.3) is 5.56 Å². The summed E-state index contributed by atoms with van der Waals surface area (Å²) in [4.78, 5) is 30.9. The number of ether oxygens (including phenoxy) is 2. The molecule has 1 aromatic carbocycles. The van der Waals surface area contributed by atoms with Crippen molar-refractivity contribution in [1.29, 1.82) is 0 Å². The first-order valence-corrected chi connectivity index (χ1v) is 12.2. The highest BCUT2D eigenvalue weighted by molar-refractivity contribution is 7.99. The van der Waals surface area contributed by atoms with Crippen LogP contribution in [0.4, 0.5) is 0 Å². The average Bonchev–Trinajstić information content (AvgIpc) is 3.07. The van der Waals surface area contributed by atoms with Crippen molar-refractivity contribution >= 4 is 40.0 Å². The number of hydrogen-bond acceptors (Lipinski definition) is 6. The molecule has 3 rings (SSSR count). The van der Waals surface area contributed by atoms with Crippen LogP contribution in [0.25, 0.3) is 10.9 Å². The summed E-state index contributed by atoms with van der Waals surface area (Å²) in [5.74, 6) is 0.195. The molecule has 0 amide bonds. The summed E-state index contributed by atoms with van der Waals surface area (Å²) in [6, 6.07) is 6.99. The largest absolute Gasteiger partial charge is 0.385 e. The number of benzene rings is 1. The van der Waals surface area contributed by atoms with E-state index in [9.17, 15) is 9.59 Å². The van der Waals surface area contributed by atoms with Gasteiger partial charge in [0, 0.05) is 62.5 Å². The molecule has 9 heteroatoms. The molecule has 0 aliphatic rings. The molecule has 2 aromatic heterocycles. The zero-order chi connectivity index (χ0) is 24.0. The highest BCUT2D eigenvalue weighted by atomic mass is 35.5. The molecule has 0 radical (unpaired) electrons. The summed E-state index contributed by atoms with van der Waals surface area (Å²) in [5, 5.41) is 1.53. The molecule has 3 aromatic rings. The molecule has 0 aliphatic heterocycles. The van der Waals surface area contributed by atoms with Crippen molar-refractivity contribution in [3.8, 4) is 0 Å². The fraction of sp³-hybridized carbons (Fsp3) is 0.458. The molecule has 178 valence electrons. The Morgan fingerprint density at radius 2 is 1.73 bits per heavy atom. The van der Waals surface area contributed by atoms with Crippen molar-refractivity contribution in [3.05, 3.63) is 56.6 Å². The lowest BCUT2D eigenvalue weighted by molar-refractivity contribution is 0.102. The smallest absolute Gasteiger partial charge is 0.262 e. The van der Waals surface area contributed by atoms with Crippen molar-refractivity contribution in [3.63, 3.8) is 0 Å². The lowest BCUT2D eigenvalue weighted by atomic mass is 10.2. The number of Topliss-reactive ketones (excluding diaryl/α,β-unsaturated/α-hetero) is 1. The number of aryl methyl sites for hydroxylation is 1. The number of fused-ring (bicyclic) bond motifs is 1. The maximum absolute atomic E-state index is 13.1. The topological polar surface area (TPSA) is 75.4 Å². The quantitative estimate of drug-likeness (QED) is 0.160. The first kappa shape index (κ1) is 25.5. The number of aromatic nitrogens is 3. The van der Waals surface area contributed by atoms with E-state index in [-0.39, 0.29) is 17.1 Å². The van der Waals surface area contributed by atoms with Crippen molar-refractivity contribution in [2.24, 2.45) is 0 Å². The van der Waals surface area contributed by atoms with Gasteiger partial charge in [-0.3, -0.25) is 14.2 Å². The third-order valence-electron chi connectivity index (χ3n) is 5.55. The predicted octanol–water partition coefficient (Wildman–Crippen LogP) is 4.52. The molecule has 0 saturated carbocycles. The van der Waals surface area contributed by atoms with Crippen molar-refractivity contribution < 1.29 is 14.3 Å². The minimum absolute atomic E-state index is 0.00923. The normalized spacial score (nSPS) is 11.4. The SMILES string of the molecule is COCCCn1c(C)cc(C(=O)CSc2nc3cc(Cl)ccc3c(=O)n2CCCOC)c1C. The molecule has 0 saturated heterocycles. The molecule has 0 unspecified atom stereocenters. The lowest BCUT2D eigenvalue weighted by Gasteiger charge is -2.13. The van der Waals surface area contributed by atoms with Gasteiger partial charge in [0.05, 0.1) is 16.7 Å². The summed E-state index contributed by atoms with van der Waals surface area (Å²) in [6.45, 7) is 6.44. The Morgan fingerprint density at radius 1 is 1.06 bits per heavy atom. The second kappa shape index (κ2) is 11.8. The maximum Gasteiger partial charge on any atom is 0.262 e. The number of hydrogen-bond donors (Lipinski definition) is 0. The van der Waals surface area contributed by atoms with Crippen LogP contribution in [0.5, 0.6) is 0 Å². The van der Waals surface area contributed by atoms with E-state index >= 15 is 0 Å². The van der Waals surface area contributed by atoms with Crippen LogP contribution in [0.15, 0.2) is 34.2 Å². The average molecular weight is 492 g/mol. The van der Waals surface area contributed by atoms with Crippen LogP contribution in [-0.4, -0.2) is 53.1 Å². The Morgan fingerprint density at radius 3 is 2.39 bits per heavy atom. The molecule has 0 aliphatic carbocycles. The Hall–Kier alpha value is -2.13. The van der Waals surface area contributed by atoms with Crippen molar-refractivity contribution in [1.82, 2.24) is 14.1 Å². The molecule has 0 atom stereocenters. The first-order valence-electron chi connectivity index (χ1n) is 10.9. The number of ketones is 1. The summed E-state index contributed by atoms with van der Waals surface area (Å²) in [7, 11) is 3.31. The van der Waals surface area contributed by atoms with E-state index in [2.05, 4.69) is 9.55 Å². The van der Waals surface area contributed by atoms with E-state index in [0.717, 1.165) is 24.4 Å². The molecule has 0 fully saturated rings. The minimum Gasteiger partial charge on any atom is -0.385 e. The van der Waals surface area contributed by atoms with Gasteiger partial charge in [-0.2, -0.15) is 0 Å². The number of halogens is 1. The van der Waals surface area contributed by atoms with Crippen LogP contribution in [0.1, 0.15) is 34.6 Å². The molecule has 33 heavy (non-hydrogen) atoms. The van der Waals surface area contributed by atoms with Gasteiger partial charge in [0.15, 0.2) is 10.9 Å². The number of methoxy groups -OCH3 is 2. The molecule has 2 heterocycles. The molecule has 0 bridgehead atoms. The number of rotatable bonds is 12. The lowest BCUT2D eigenvalue weighted by Crippen LogP contribution is -2.24. The monoisotopic (exact) mass is 491 g/mol. The number of carbonyl (C=O) groups is 1. The van der Waals surface area contributed by atoms with E-state index in [1.165, 1.54) is 11.8 Å². The predicted molar refractivity (Wildman–Crippen MR) is 133 cm³/mol. The van der Waals surface area contributed by atoms with Crippen molar-refractivity contribution in [2.45, 2.75) is 44.9 Å². The number of carbonyl (C=O) groups excluding carboxylic acids is 1.